The quantitative estimate of drug-likeness (QED) is 0.380. The third-order valence-corrected chi connectivity index (χ3v) is 5.03. The van der Waals surface area contributed by atoms with Crippen LogP contribution in [-0.2, 0) is 7.05 Å². The molecule has 33 heavy (non-hydrogen) atoms. The first-order chi connectivity index (χ1) is 16.1. The molecule has 0 aliphatic carbocycles. The zero-order valence-corrected chi connectivity index (χ0v) is 18.6. The summed E-state index contributed by atoms with van der Waals surface area (Å²) >= 11 is 0. The van der Waals surface area contributed by atoms with E-state index in [1.807, 2.05) is 53.4 Å². The van der Waals surface area contributed by atoms with E-state index in [4.69, 9.17) is 9.47 Å². The highest BCUT2D eigenvalue weighted by Crippen LogP contribution is 2.32. The minimum Gasteiger partial charge on any atom is -0.497 e. The van der Waals surface area contributed by atoms with Crippen LogP contribution in [0.4, 0.5) is 5.82 Å². The summed E-state index contributed by atoms with van der Waals surface area (Å²) in [5.74, 6) is 2.54. The number of aromatic nitrogens is 5. The summed E-state index contributed by atoms with van der Waals surface area (Å²) in [5, 5.41) is 10.6. The molecule has 170 valence electrons. The summed E-state index contributed by atoms with van der Waals surface area (Å²) in [4.78, 5) is 21.2. The maximum absolute atomic E-state index is 12.7. The maximum Gasteiger partial charge on any atom is 0.269 e. The second-order valence-electron chi connectivity index (χ2n) is 7.14. The van der Waals surface area contributed by atoms with Gasteiger partial charge in [0, 0.05) is 44.2 Å². The van der Waals surface area contributed by atoms with Crippen LogP contribution in [0.2, 0.25) is 0 Å². The molecule has 4 rings (SSSR count). The van der Waals surface area contributed by atoms with Gasteiger partial charge in [0.15, 0.2) is 0 Å². The van der Waals surface area contributed by atoms with Crippen LogP contribution in [0, 0.1) is 0 Å². The Hall–Kier alpha value is -4.34. The molecule has 10 heteroatoms. The Labute approximate surface area is 191 Å². The minimum atomic E-state index is -0.226. The molecule has 0 aliphatic rings. The summed E-state index contributed by atoms with van der Waals surface area (Å²) in [6.45, 7) is 0.910. The standard InChI is InChI=1S/C23H25N7O3/c1-29-19(13-18(28-29)17-12-16(32-2)6-7-20(17)33-3)23(31)25-9-8-24-21-14-22(27-15-26-21)30-10-4-5-11-30/h4-7,10-15H,8-9H2,1-3H3,(H,25,31)(H,24,26,27). The van der Waals surface area contributed by atoms with Crippen LogP contribution in [0.15, 0.2) is 61.2 Å². The molecule has 0 saturated heterocycles. The number of anilines is 1. The van der Waals surface area contributed by atoms with Crippen molar-refractivity contribution in [2.45, 2.75) is 0 Å². The van der Waals surface area contributed by atoms with Gasteiger partial charge in [-0.15, -0.1) is 0 Å². The van der Waals surface area contributed by atoms with Crippen LogP contribution in [0.1, 0.15) is 10.5 Å². The first kappa shape index (κ1) is 21.9. The predicted molar refractivity (Wildman–Crippen MR) is 124 cm³/mol. The van der Waals surface area contributed by atoms with Crippen molar-refractivity contribution in [3.8, 4) is 28.6 Å². The molecule has 1 amide bonds. The lowest BCUT2D eigenvalue weighted by molar-refractivity contribution is 0.0946. The average molecular weight is 447 g/mol. The lowest BCUT2D eigenvalue weighted by Gasteiger charge is -2.08. The minimum absolute atomic E-state index is 0.226. The topological polar surface area (TPSA) is 108 Å². The second kappa shape index (κ2) is 9.86. The van der Waals surface area contributed by atoms with Gasteiger partial charge < -0.3 is 24.7 Å². The van der Waals surface area contributed by atoms with E-state index in [2.05, 4.69) is 25.7 Å². The number of nitrogens with zero attached hydrogens (tertiary/aromatic N) is 5. The van der Waals surface area contributed by atoms with Gasteiger partial charge in [0.1, 0.15) is 35.2 Å². The van der Waals surface area contributed by atoms with Gasteiger partial charge in [-0.05, 0) is 36.4 Å². The van der Waals surface area contributed by atoms with Crippen molar-refractivity contribution in [1.29, 1.82) is 0 Å². The summed E-state index contributed by atoms with van der Waals surface area (Å²) in [6.07, 6.45) is 5.32. The molecular formula is C23H25N7O3. The van der Waals surface area contributed by atoms with Crippen molar-refractivity contribution < 1.29 is 14.3 Å². The normalized spacial score (nSPS) is 10.6. The first-order valence-electron chi connectivity index (χ1n) is 10.3. The Kier molecular flexibility index (Phi) is 6.53. The average Bonchev–Trinajstić information content (AvgIpc) is 3.52. The number of hydrogen-bond donors (Lipinski definition) is 2. The molecule has 0 spiro atoms. The fourth-order valence-electron chi connectivity index (χ4n) is 3.35. The third-order valence-electron chi connectivity index (χ3n) is 5.03. The number of ether oxygens (including phenoxy) is 2. The second-order valence-corrected chi connectivity index (χ2v) is 7.14. The van der Waals surface area contributed by atoms with E-state index in [1.165, 1.54) is 6.33 Å². The molecule has 0 atom stereocenters. The number of rotatable bonds is 9. The molecule has 2 N–H and O–H groups in total. The SMILES string of the molecule is COc1ccc(OC)c(-c2cc(C(=O)NCCNc3cc(-n4cccc4)ncn3)n(C)n2)c1. The van der Waals surface area contributed by atoms with Gasteiger partial charge in [0.25, 0.3) is 5.91 Å². The third kappa shape index (κ3) is 4.95. The fourth-order valence-corrected chi connectivity index (χ4v) is 3.35. The van der Waals surface area contributed by atoms with Crippen molar-refractivity contribution >= 4 is 11.7 Å². The molecule has 1 aromatic carbocycles. The fraction of sp³-hybridized carbons (Fsp3) is 0.217. The van der Waals surface area contributed by atoms with Crippen molar-refractivity contribution in [3.63, 3.8) is 0 Å². The lowest BCUT2D eigenvalue weighted by atomic mass is 10.1. The van der Waals surface area contributed by atoms with Crippen LogP contribution in [0.25, 0.3) is 17.1 Å². The van der Waals surface area contributed by atoms with E-state index in [-0.39, 0.29) is 5.91 Å². The van der Waals surface area contributed by atoms with Crippen molar-refractivity contribution in [2.24, 2.45) is 7.05 Å². The van der Waals surface area contributed by atoms with Gasteiger partial charge in [-0.1, -0.05) is 0 Å². The zero-order chi connectivity index (χ0) is 23.2. The predicted octanol–water partition coefficient (Wildman–Crippen LogP) is 2.53. The number of carbonyl (C=O) groups excluding carboxylic acids is 1. The smallest absolute Gasteiger partial charge is 0.269 e. The summed E-state index contributed by atoms with van der Waals surface area (Å²) in [7, 11) is 4.92. The Morgan fingerprint density at radius 1 is 1.03 bits per heavy atom. The van der Waals surface area contributed by atoms with Gasteiger partial charge in [0.2, 0.25) is 0 Å². The van der Waals surface area contributed by atoms with Crippen molar-refractivity contribution in [2.75, 3.05) is 32.6 Å². The van der Waals surface area contributed by atoms with Crippen LogP contribution >= 0.6 is 0 Å². The molecule has 10 nitrogen and oxygen atoms in total. The number of carbonyl (C=O) groups is 1. The van der Waals surface area contributed by atoms with Crippen molar-refractivity contribution in [1.82, 2.24) is 29.6 Å². The summed E-state index contributed by atoms with van der Waals surface area (Å²) in [6, 6.07) is 12.9. The van der Waals surface area contributed by atoms with E-state index in [0.717, 1.165) is 11.4 Å². The molecule has 0 aliphatic heterocycles. The van der Waals surface area contributed by atoms with Crippen LogP contribution in [0.3, 0.4) is 0 Å². The number of amides is 1. The molecule has 0 unspecified atom stereocenters. The molecule has 0 radical (unpaired) electrons. The van der Waals surface area contributed by atoms with E-state index in [9.17, 15) is 4.79 Å². The number of nitrogens with one attached hydrogen (secondary N) is 2. The number of benzene rings is 1. The Morgan fingerprint density at radius 3 is 2.61 bits per heavy atom. The lowest BCUT2D eigenvalue weighted by Crippen LogP contribution is -2.30. The Morgan fingerprint density at radius 2 is 1.85 bits per heavy atom. The van der Waals surface area contributed by atoms with Gasteiger partial charge in [-0.3, -0.25) is 9.48 Å². The van der Waals surface area contributed by atoms with Crippen LogP contribution in [-0.4, -0.2) is 57.5 Å². The number of aryl methyl sites for hydroxylation is 1. The molecule has 0 saturated carbocycles. The van der Waals surface area contributed by atoms with E-state index in [0.29, 0.717) is 41.8 Å². The monoisotopic (exact) mass is 447 g/mol. The van der Waals surface area contributed by atoms with Crippen molar-refractivity contribution in [3.05, 3.63) is 66.9 Å². The number of hydrogen-bond acceptors (Lipinski definition) is 7. The first-order valence-corrected chi connectivity index (χ1v) is 10.3. The molecule has 4 aromatic rings. The Balaban J connectivity index is 1.37. The van der Waals surface area contributed by atoms with E-state index in [1.54, 1.807) is 32.0 Å². The van der Waals surface area contributed by atoms with Gasteiger partial charge in [-0.25, -0.2) is 9.97 Å². The summed E-state index contributed by atoms with van der Waals surface area (Å²) in [5.41, 5.74) is 1.80. The highest BCUT2D eigenvalue weighted by molar-refractivity contribution is 5.94. The van der Waals surface area contributed by atoms with Gasteiger partial charge >= 0.3 is 0 Å². The highest BCUT2D eigenvalue weighted by atomic mass is 16.5. The molecule has 0 fully saturated rings. The van der Waals surface area contributed by atoms with Crippen LogP contribution < -0.4 is 20.1 Å². The highest BCUT2D eigenvalue weighted by Gasteiger charge is 2.17. The molecular weight excluding hydrogens is 422 g/mol. The largest absolute Gasteiger partial charge is 0.497 e. The molecule has 3 aromatic heterocycles. The number of methoxy groups -OCH3 is 2. The molecule has 0 bridgehead atoms. The van der Waals surface area contributed by atoms with E-state index < -0.39 is 0 Å². The maximum atomic E-state index is 12.7. The van der Waals surface area contributed by atoms with E-state index >= 15 is 0 Å². The summed E-state index contributed by atoms with van der Waals surface area (Å²) < 4.78 is 14.2. The van der Waals surface area contributed by atoms with Crippen LogP contribution in [0.5, 0.6) is 11.5 Å². The Bertz CT molecular complexity index is 1230. The zero-order valence-electron chi connectivity index (χ0n) is 18.6. The molecule has 3 heterocycles. The van der Waals surface area contributed by atoms with Gasteiger partial charge in [0.05, 0.1) is 19.9 Å². The van der Waals surface area contributed by atoms with Gasteiger partial charge in [-0.2, -0.15) is 5.10 Å².